The van der Waals surface area contributed by atoms with Crippen LogP contribution in [0.2, 0.25) is 5.02 Å². The Morgan fingerprint density at radius 1 is 1.20 bits per heavy atom. The molecule has 0 bridgehead atoms. The van der Waals surface area contributed by atoms with Crippen LogP contribution in [0.15, 0.2) is 59.9 Å². The van der Waals surface area contributed by atoms with Gasteiger partial charge in [-0.15, -0.1) is 0 Å². The zero-order chi connectivity index (χ0) is 25.4. The Morgan fingerprint density at radius 3 is 2.60 bits per heavy atom. The van der Waals surface area contributed by atoms with Crippen molar-refractivity contribution < 1.29 is 14.3 Å². The van der Waals surface area contributed by atoms with Crippen LogP contribution in [-0.4, -0.2) is 33.2 Å². The van der Waals surface area contributed by atoms with Gasteiger partial charge >= 0.3 is 11.7 Å². The van der Waals surface area contributed by atoms with E-state index in [9.17, 15) is 9.59 Å². The monoisotopic (exact) mass is 494 g/mol. The Hall–Kier alpha value is -3.91. The fourth-order valence-corrected chi connectivity index (χ4v) is 3.26. The highest BCUT2D eigenvalue weighted by molar-refractivity contribution is 6.30. The number of carbonyl (C=O) groups excluding carboxylic acids is 1. The molecule has 0 aliphatic carbocycles. The van der Waals surface area contributed by atoms with Gasteiger partial charge in [0, 0.05) is 22.3 Å². The summed E-state index contributed by atoms with van der Waals surface area (Å²) in [5.41, 5.74) is 1.75. The summed E-state index contributed by atoms with van der Waals surface area (Å²) in [6.45, 7) is 9.90. The van der Waals surface area contributed by atoms with Crippen molar-refractivity contribution in [3.8, 4) is 5.75 Å². The molecule has 0 aliphatic heterocycles. The molecule has 0 radical (unpaired) electrons. The summed E-state index contributed by atoms with van der Waals surface area (Å²) in [5, 5.41) is 3.78. The highest BCUT2D eigenvalue weighted by atomic mass is 35.5. The van der Waals surface area contributed by atoms with Crippen LogP contribution in [0.3, 0.4) is 0 Å². The number of aromatic nitrogens is 3. The summed E-state index contributed by atoms with van der Waals surface area (Å²) in [7, 11) is 0. The van der Waals surface area contributed by atoms with Gasteiger partial charge in [0.05, 0.1) is 19.3 Å². The lowest BCUT2D eigenvalue weighted by Crippen LogP contribution is -2.28. The molecule has 0 amide bonds. The summed E-state index contributed by atoms with van der Waals surface area (Å²) in [6.07, 6.45) is 4.22. The van der Waals surface area contributed by atoms with Gasteiger partial charge in [0.1, 0.15) is 5.75 Å². The third-order valence-corrected chi connectivity index (χ3v) is 4.93. The van der Waals surface area contributed by atoms with Gasteiger partial charge in [0.25, 0.3) is 0 Å². The maximum Gasteiger partial charge on any atom is 0.352 e. The molecule has 3 rings (SSSR count). The molecule has 0 aliphatic rings. The quantitative estimate of drug-likeness (QED) is 0.310. The van der Waals surface area contributed by atoms with E-state index in [0.29, 0.717) is 16.5 Å². The average Bonchev–Trinajstić information content (AvgIpc) is 2.82. The number of hydrogen-bond acceptors (Lipinski definition) is 7. The van der Waals surface area contributed by atoms with E-state index >= 15 is 0 Å². The van der Waals surface area contributed by atoms with E-state index in [1.165, 1.54) is 16.7 Å². The lowest BCUT2D eigenvalue weighted by Gasteiger charge is -2.16. The molecule has 8 nitrogen and oxygen atoms in total. The number of ether oxygens (including phenoxy) is 2. The molecule has 1 heterocycles. The maximum absolute atomic E-state index is 13.0. The number of rotatable bonds is 10. The minimum atomic E-state index is -0.549. The second-order valence-corrected chi connectivity index (χ2v) is 8.17. The van der Waals surface area contributed by atoms with E-state index < -0.39 is 11.7 Å². The van der Waals surface area contributed by atoms with Crippen molar-refractivity contribution in [2.24, 2.45) is 0 Å². The van der Waals surface area contributed by atoms with E-state index in [2.05, 4.69) is 21.9 Å². The zero-order valence-electron chi connectivity index (χ0n) is 19.8. The van der Waals surface area contributed by atoms with Crippen LogP contribution in [0.5, 0.6) is 5.75 Å². The molecular weight excluding hydrogens is 468 g/mol. The van der Waals surface area contributed by atoms with Crippen molar-refractivity contribution in [2.75, 3.05) is 11.9 Å². The molecule has 0 spiro atoms. The van der Waals surface area contributed by atoms with E-state index in [0.717, 1.165) is 11.1 Å². The van der Waals surface area contributed by atoms with Crippen molar-refractivity contribution in [1.82, 2.24) is 14.5 Å². The minimum Gasteiger partial charge on any atom is -0.490 e. The third-order valence-electron chi connectivity index (χ3n) is 4.67. The van der Waals surface area contributed by atoms with Gasteiger partial charge in [-0.3, -0.25) is 4.57 Å². The number of hydrogen-bond donors (Lipinski definition) is 1. The summed E-state index contributed by atoms with van der Waals surface area (Å²) < 4.78 is 12.1. The van der Waals surface area contributed by atoms with Gasteiger partial charge in [-0.05, 0) is 62.7 Å². The first kappa shape index (κ1) is 25.7. The standard InChI is InChI=1S/C26H27ClN4O4/c1-5-19-15-21(11-12-22(19)35-17(3)4)28-25-29-23(13-14-24(32)34-6-2)30-26(33)31(25)16-18-7-9-20(27)10-8-18/h5,7-15,17H,1,6,16H2,2-4H3,(H,28,29,30,33)/b14-13+. The molecule has 1 aromatic heterocycles. The van der Waals surface area contributed by atoms with Crippen molar-refractivity contribution in [3.63, 3.8) is 0 Å². The predicted molar refractivity (Wildman–Crippen MR) is 138 cm³/mol. The number of nitrogens with one attached hydrogen (secondary N) is 1. The molecular formula is C26H27ClN4O4. The summed E-state index contributed by atoms with van der Waals surface area (Å²) in [4.78, 5) is 33.1. The van der Waals surface area contributed by atoms with Gasteiger partial charge in [-0.25, -0.2) is 9.59 Å². The minimum absolute atomic E-state index is 0.00710. The molecule has 0 saturated carbocycles. The Labute approximate surface area is 208 Å². The molecule has 1 N–H and O–H groups in total. The number of halogens is 1. The van der Waals surface area contributed by atoms with Crippen LogP contribution < -0.4 is 15.7 Å². The molecule has 0 saturated heterocycles. The van der Waals surface area contributed by atoms with Gasteiger partial charge in [0.2, 0.25) is 5.95 Å². The first-order chi connectivity index (χ1) is 16.8. The average molecular weight is 495 g/mol. The summed E-state index contributed by atoms with van der Waals surface area (Å²) in [5.74, 6) is 0.463. The second kappa shape index (κ2) is 12.0. The highest BCUT2D eigenvalue weighted by Crippen LogP contribution is 2.26. The normalized spacial score (nSPS) is 11.0. The zero-order valence-corrected chi connectivity index (χ0v) is 20.6. The fraction of sp³-hybridized carbons (Fsp3) is 0.231. The van der Waals surface area contributed by atoms with E-state index in [4.69, 9.17) is 21.1 Å². The van der Waals surface area contributed by atoms with Crippen molar-refractivity contribution in [1.29, 1.82) is 0 Å². The maximum atomic E-state index is 13.0. The number of nitrogens with zero attached hydrogens (tertiary/aromatic N) is 3. The molecule has 182 valence electrons. The van der Waals surface area contributed by atoms with Gasteiger partial charge < -0.3 is 14.8 Å². The number of anilines is 2. The largest absolute Gasteiger partial charge is 0.490 e. The van der Waals surface area contributed by atoms with Crippen molar-refractivity contribution >= 4 is 41.4 Å². The van der Waals surface area contributed by atoms with Gasteiger partial charge in [0.15, 0.2) is 5.82 Å². The van der Waals surface area contributed by atoms with Crippen LogP contribution >= 0.6 is 11.6 Å². The van der Waals surface area contributed by atoms with Crippen LogP contribution in [-0.2, 0) is 16.1 Å². The Balaban J connectivity index is 2.01. The van der Waals surface area contributed by atoms with Crippen LogP contribution in [0.4, 0.5) is 11.6 Å². The van der Waals surface area contributed by atoms with Gasteiger partial charge in [-0.1, -0.05) is 36.4 Å². The first-order valence-electron chi connectivity index (χ1n) is 11.1. The van der Waals surface area contributed by atoms with Crippen LogP contribution in [0, 0.1) is 0 Å². The predicted octanol–water partition coefficient (Wildman–Crippen LogP) is 5.09. The third kappa shape index (κ3) is 7.28. The SMILES string of the molecule is C=Cc1cc(Nc2nc(/C=C/C(=O)OCC)nc(=O)n2Cc2ccc(Cl)cc2)ccc1OC(C)C. The Kier molecular flexibility index (Phi) is 8.80. The van der Waals surface area contributed by atoms with Gasteiger partial charge in [-0.2, -0.15) is 9.97 Å². The molecule has 9 heteroatoms. The topological polar surface area (TPSA) is 95.3 Å². The van der Waals surface area contributed by atoms with Crippen LogP contribution in [0.1, 0.15) is 37.7 Å². The van der Waals surface area contributed by atoms with E-state index in [1.807, 2.05) is 44.2 Å². The second-order valence-electron chi connectivity index (χ2n) is 7.73. The summed E-state index contributed by atoms with van der Waals surface area (Å²) in [6, 6.07) is 12.6. The first-order valence-corrected chi connectivity index (χ1v) is 11.4. The lowest BCUT2D eigenvalue weighted by molar-refractivity contribution is -0.137. The Morgan fingerprint density at radius 2 is 1.94 bits per heavy atom. The molecule has 2 aromatic carbocycles. The lowest BCUT2D eigenvalue weighted by atomic mass is 10.1. The number of carbonyl (C=O) groups is 1. The molecule has 3 aromatic rings. The summed E-state index contributed by atoms with van der Waals surface area (Å²) >= 11 is 5.99. The van der Waals surface area contributed by atoms with Crippen molar-refractivity contribution in [3.05, 3.63) is 87.6 Å². The van der Waals surface area contributed by atoms with E-state index in [1.54, 1.807) is 25.1 Å². The smallest absolute Gasteiger partial charge is 0.352 e. The highest BCUT2D eigenvalue weighted by Gasteiger charge is 2.12. The molecule has 0 unspecified atom stereocenters. The molecule has 35 heavy (non-hydrogen) atoms. The number of esters is 1. The molecule has 0 atom stereocenters. The fourth-order valence-electron chi connectivity index (χ4n) is 3.14. The van der Waals surface area contributed by atoms with Crippen molar-refractivity contribution in [2.45, 2.75) is 33.4 Å². The number of benzene rings is 2. The Bertz CT molecular complexity index is 1280. The molecule has 0 fully saturated rings. The van der Waals surface area contributed by atoms with Crippen LogP contribution in [0.25, 0.3) is 12.2 Å². The van der Waals surface area contributed by atoms with E-state index in [-0.39, 0.29) is 31.0 Å².